The van der Waals surface area contributed by atoms with Gasteiger partial charge in [-0.1, -0.05) is 0 Å². The van der Waals surface area contributed by atoms with Crippen molar-refractivity contribution in [1.29, 1.82) is 0 Å². The number of hydrazine groups is 1. The van der Waals surface area contributed by atoms with Gasteiger partial charge in [0.15, 0.2) is 0 Å². The van der Waals surface area contributed by atoms with Crippen LogP contribution in [0.5, 0.6) is 0 Å². The summed E-state index contributed by atoms with van der Waals surface area (Å²) in [5.74, 6) is 4.09. The molecule has 0 rings (SSSR count). The van der Waals surface area contributed by atoms with Gasteiger partial charge >= 0.3 is 5.97 Å². The second-order valence-corrected chi connectivity index (χ2v) is 3.31. The lowest BCUT2D eigenvalue weighted by Gasteiger charge is -2.14. The summed E-state index contributed by atoms with van der Waals surface area (Å²) < 4.78 is 4.58. The third-order valence-electron chi connectivity index (χ3n) is 0.993. The molecule has 0 aromatic rings. The molecule has 0 heterocycles. The van der Waals surface area contributed by atoms with E-state index in [2.05, 4.69) is 20.7 Å². The first-order valence-electron chi connectivity index (χ1n) is 3.56. The molecule has 7 heteroatoms. The first kappa shape index (κ1) is 11.5. The maximum Gasteiger partial charge on any atom is 0.314 e. The average Bonchev–Trinajstić information content (AvgIpc) is 1.95. The molecule has 0 spiro atoms. The molecule has 2 N–H and O–H groups in total. The lowest BCUT2D eigenvalue weighted by atomic mass is 9.98. The van der Waals surface area contributed by atoms with Crippen LogP contribution in [-0.2, 0) is 14.4 Å². The van der Waals surface area contributed by atoms with E-state index in [0.29, 0.717) is 0 Å². The summed E-state index contributed by atoms with van der Waals surface area (Å²) in [6, 6.07) is 0. The van der Waals surface area contributed by atoms with Crippen molar-refractivity contribution >= 4 is 5.97 Å². The summed E-state index contributed by atoms with van der Waals surface area (Å²) in [6.07, 6.45) is 0. The highest BCUT2D eigenvalue weighted by Gasteiger charge is 2.23. The molecule has 0 aliphatic rings. The van der Waals surface area contributed by atoms with Gasteiger partial charge in [0, 0.05) is 0 Å². The summed E-state index contributed by atoms with van der Waals surface area (Å²) in [5, 5.41) is 12.7. The Morgan fingerprint density at radius 2 is 2.15 bits per heavy atom. The SMILES string of the molecule is CC(C)(C)C(=O)OCO/N=[N+](\N)[O-]. The molecular formula is C6H13N3O4. The number of hydrogen-bond donors (Lipinski definition) is 1. The minimum absolute atomic E-state index is 0.273. The molecule has 76 valence electrons. The van der Waals surface area contributed by atoms with Gasteiger partial charge in [0.2, 0.25) is 5.28 Å². The fourth-order valence-electron chi connectivity index (χ4n) is 0.377. The zero-order valence-electron chi connectivity index (χ0n) is 7.81. The standard InChI is InChI=1S/C6H13N3O4/c1-6(2,3)5(10)12-4-13-8-9(7)11/h4H2,1-3H3,(H2,7,8). The monoisotopic (exact) mass is 191 g/mol. The Morgan fingerprint density at radius 1 is 1.62 bits per heavy atom. The Labute approximate surface area is 75.6 Å². The van der Waals surface area contributed by atoms with E-state index >= 15 is 0 Å². The number of esters is 1. The molecule has 0 radical (unpaired) electrons. The summed E-state index contributed by atoms with van der Waals surface area (Å²) in [7, 11) is 0. The lowest BCUT2D eigenvalue weighted by Crippen LogP contribution is -2.23. The number of rotatable bonds is 3. The number of nitrogens with two attached hydrogens (primary N) is 1. The Morgan fingerprint density at radius 3 is 2.54 bits per heavy atom. The summed E-state index contributed by atoms with van der Waals surface area (Å²) in [6.45, 7) is 4.64. The van der Waals surface area contributed by atoms with E-state index in [0.717, 1.165) is 0 Å². The maximum absolute atomic E-state index is 11.0. The topological polar surface area (TPSA) is 100.0 Å². The van der Waals surface area contributed by atoms with E-state index in [1.165, 1.54) is 0 Å². The Bertz CT molecular complexity index is 204. The normalized spacial score (nSPS) is 12.4. The quantitative estimate of drug-likeness (QED) is 0.131. The predicted molar refractivity (Wildman–Crippen MR) is 41.7 cm³/mol. The third kappa shape index (κ3) is 5.71. The van der Waals surface area contributed by atoms with E-state index in [1.54, 1.807) is 20.8 Å². The van der Waals surface area contributed by atoms with Crippen molar-refractivity contribution in [3.8, 4) is 0 Å². The van der Waals surface area contributed by atoms with Crippen molar-refractivity contribution in [2.24, 2.45) is 16.5 Å². The number of hydrogen-bond acceptors (Lipinski definition) is 5. The van der Waals surface area contributed by atoms with Crippen molar-refractivity contribution in [3.63, 3.8) is 0 Å². The minimum Gasteiger partial charge on any atom is -0.569 e. The summed E-state index contributed by atoms with van der Waals surface area (Å²) in [4.78, 5) is 15.0. The van der Waals surface area contributed by atoms with Crippen LogP contribution in [0.2, 0.25) is 0 Å². The Hall–Kier alpha value is -1.53. The van der Waals surface area contributed by atoms with Gasteiger partial charge in [-0.3, -0.25) is 4.79 Å². The second-order valence-electron chi connectivity index (χ2n) is 3.31. The van der Waals surface area contributed by atoms with Crippen molar-refractivity contribution < 1.29 is 19.3 Å². The smallest absolute Gasteiger partial charge is 0.314 e. The Balaban J connectivity index is 3.67. The molecule has 0 aromatic carbocycles. The fraction of sp³-hybridized carbons (Fsp3) is 0.833. The van der Waals surface area contributed by atoms with Gasteiger partial charge in [-0.25, -0.2) is 0 Å². The predicted octanol–water partition coefficient (Wildman–Crippen LogP) is 0.301. The third-order valence-corrected chi connectivity index (χ3v) is 0.993. The van der Waals surface area contributed by atoms with Gasteiger partial charge in [-0.2, -0.15) is 5.84 Å². The molecule has 7 nitrogen and oxygen atoms in total. The molecule has 0 fully saturated rings. The molecule has 0 saturated carbocycles. The molecule has 0 amide bonds. The van der Waals surface area contributed by atoms with Gasteiger partial charge in [-0.05, 0) is 20.8 Å². The van der Waals surface area contributed by atoms with Crippen LogP contribution in [0.15, 0.2) is 5.28 Å². The van der Waals surface area contributed by atoms with Crippen LogP contribution in [-0.4, -0.2) is 17.7 Å². The molecule has 0 atom stereocenters. The van der Waals surface area contributed by atoms with Crippen molar-refractivity contribution in [2.75, 3.05) is 6.79 Å². The highest BCUT2D eigenvalue weighted by Crippen LogP contribution is 2.14. The molecule has 0 bridgehead atoms. The first-order valence-corrected chi connectivity index (χ1v) is 3.56. The van der Waals surface area contributed by atoms with Crippen molar-refractivity contribution in [1.82, 2.24) is 0 Å². The Kier molecular flexibility index (Phi) is 3.96. The van der Waals surface area contributed by atoms with E-state index in [4.69, 9.17) is 0 Å². The lowest BCUT2D eigenvalue weighted by molar-refractivity contribution is -0.571. The fourth-order valence-corrected chi connectivity index (χ4v) is 0.377. The second kappa shape index (κ2) is 4.48. The zero-order valence-corrected chi connectivity index (χ0v) is 7.81. The maximum atomic E-state index is 11.0. The number of ether oxygens (including phenoxy) is 1. The van der Waals surface area contributed by atoms with E-state index in [9.17, 15) is 10.0 Å². The van der Waals surface area contributed by atoms with Gasteiger partial charge in [0.05, 0.1) is 10.4 Å². The largest absolute Gasteiger partial charge is 0.569 e. The number of carbonyl (C=O) groups excluding carboxylic acids is 1. The number of carbonyl (C=O) groups is 1. The van der Waals surface area contributed by atoms with Crippen molar-refractivity contribution in [2.45, 2.75) is 20.8 Å². The van der Waals surface area contributed by atoms with Crippen LogP contribution in [0.1, 0.15) is 20.8 Å². The van der Waals surface area contributed by atoms with Gasteiger partial charge in [-0.15, -0.1) is 0 Å². The van der Waals surface area contributed by atoms with Crippen LogP contribution in [0.25, 0.3) is 0 Å². The van der Waals surface area contributed by atoms with Crippen LogP contribution >= 0.6 is 0 Å². The first-order chi connectivity index (χ1) is 5.84. The van der Waals surface area contributed by atoms with E-state index in [-0.39, 0.29) is 4.97 Å². The molecule has 0 aromatic heterocycles. The summed E-state index contributed by atoms with van der Waals surface area (Å²) >= 11 is 0. The van der Waals surface area contributed by atoms with Crippen molar-refractivity contribution in [3.05, 3.63) is 5.21 Å². The molecule has 13 heavy (non-hydrogen) atoms. The van der Waals surface area contributed by atoms with E-state index in [1.807, 2.05) is 0 Å². The number of nitrogens with zero attached hydrogens (tertiary/aromatic N) is 2. The van der Waals surface area contributed by atoms with Gasteiger partial charge in [0.25, 0.3) is 6.79 Å². The minimum atomic E-state index is -0.608. The van der Waals surface area contributed by atoms with Crippen LogP contribution in [0.3, 0.4) is 0 Å². The average molecular weight is 191 g/mol. The van der Waals surface area contributed by atoms with E-state index < -0.39 is 18.2 Å². The molecule has 0 saturated heterocycles. The van der Waals surface area contributed by atoms with Crippen LogP contribution in [0.4, 0.5) is 0 Å². The molecule has 0 aliphatic heterocycles. The van der Waals surface area contributed by atoms with Gasteiger partial charge < -0.3 is 14.8 Å². The molecule has 0 unspecified atom stereocenters. The summed E-state index contributed by atoms with van der Waals surface area (Å²) in [5.41, 5.74) is -0.608. The van der Waals surface area contributed by atoms with Crippen LogP contribution in [0, 0.1) is 10.6 Å². The molecule has 0 aliphatic carbocycles. The highest BCUT2D eigenvalue weighted by atomic mass is 16.8. The van der Waals surface area contributed by atoms with Gasteiger partial charge in [0.1, 0.15) is 0 Å². The highest BCUT2D eigenvalue weighted by molar-refractivity contribution is 5.75. The van der Waals surface area contributed by atoms with Crippen LogP contribution < -0.4 is 5.84 Å². The zero-order chi connectivity index (χ0) is 10.5. The molecular weight excluding hydrogens is 178 g/mol.